The second kappa shape index (κ2) is 12.3. The number of benzene rings is 1. The molecular weight excluding hydrogens is 502 g/mol. The Morgan fingerprint density at radius 3 is 2.20 bits per heavy atom. The van der Waals surface area contributed by atoms with Crippen molar-refractivity contribution in [3.8, 4) is 5.75 Å². The number of nitrogens with two attached hydrogens (primary N) is 1. The van der Waals surface area contributed by atoms with Crippen LogP contribution in [0.2, 0.25) is 0 Å². The Labute approximate surface area is 202 Å². The van der Waals surface area contributed by atoms with Crippen molar-refractivity contribution in [2.24, 2.45) is 5.73 Å². The van der Waals surface area contributed by atoms with E-state index in [4.69, 9.17) is 25.0 Å². The van der Waals surface area contributed by atoms with Crippen LogP contribution >= 0.6 is 0 Å². The van der Waals surface area contributed by atoms with Crippen molar-refractivity contribution in [3.63, 3.8) is 0 Å². The molecule has 1 amide bonds. The Hall–Kier alpha value is -3.53. The maximum Gasteiger partial charge on any atom is 0.276 e. The number of rotatable bonds is 4. The summed E-state index contributed by atoms with van der Waals surface area (Å²) >= 11 is 0. The maximum atomic E-state index is 12.4. The Balaban J connectivity index is 0.000000519. The first kappa shape index (κ1) is 29.5. The van der Waals surface area contributed by atoms with Crippen LogP contribution in [0.4, 0.5) is 0 Å². The summed E-state index contributed by atoms with van der Waals surface area (Å²) in [6.07, 6.45) is 3.15. The minimum absolute atomic E-state index is 0.313. The Kier molecular flexibility index (Phi) is 10.3. The summed E-state index contributed by atoms with van der Waals surface area (Å²) in [6, 6.07) is 11.2. The van der Waals surface area contributed by atoms with Gasteiger partial charge in [-0.25, -0.2) is 0 Å². The van der Waals surface area contributed by atoms with Gasteiger partial charge in [0.05, 0.1) is 23.7 Å². The number of nitrogens with zero attached hydrogens (tertiary/aromatic N) is 2. The number of carbonyl (C=O) groups excluding carboxylic acids is 1. The van der Waals surface area contributed by atoms with Crippen molar-refractivity contribution in [2.75, 3.05) is 19.6 Å². The predicted molar refractivity (Wildman–Crippen MR) is 131 cm³/mol. The Morgan fingerprint density at radius 1 is 1.14 bits per heavy atom. The quantitative estimate of drug-likeness (QED) is 0.186. The number of hydrogen-bond acceptors (Lipinski definition) is 8. The average Bonchev–Trinajstić information content (AvgIpc) is 3.17. The van der Waals surface area contributed by atoms with E-state index in [1.165, 1.54) is 7.05 Å². The molecule has 6 N–H and O–H groups in total. The van der Waals surface area contributed by atoms with E-state index in [0.717, 1.165) is 27.1 Å². The van der Waals surface area contributed by atoms with E-state index in [1.807, 2.05) is 37.3 Å². The van der Waals surface area contributed by atoms with Gasteiger partial charge in [0.1, 0.15) is 18.1 Å². The van der Waals surface area contributed by atoms with Crippen LogP contribution in [0, 0.1) is 12.3 Å². The number of aryl methyl sites for hydroxylation is 1. The summed E-state index contributed by atoms with van der Waals surface area (Å²) in [4.78, 5) is 20.8. The third-order valence-electron chi connectivity index (χ3n) is 3.97. The van der Waals surface area contributed by atoms with Gasteiger partial charge >= 0.3 is 0 Å². The SMILES string of the molecule is CS(=O)(=O)O.CS(=O)(=O)O.Cc1ccc(OCc2ccccn2)c2[nH]c(C(=O)N(C)C(=N)N)cc12. The van der Waals surface area contributed by atoms with Gasteiger partial charge in [-0.15, -0.1) is 0 Å². The lowest BCUT2D eigenvalue weighted by molar-refractivity contribution is 0.0864. The minimum atomic E-state index is -3.67. The number of ether oxygens (including phenoxy) is 1. The van der Waals surface area contributed by atoms with Crippen molar-refractivity contribution in [2.45, 2.75) is 13.5 Å². The third-order valence-corrected chi connectivity index (χ3v) is 3.97. The number of hydrogen-bond donors (Lipinski definition) is 5. The van der Waals surface area contributed by atoms with Crippen molar-refractivity contribution >= 4 is 43.0 Å². The zero-order chi connectivity index (χ0) is 27.0. The first-order valence-corrected chi connectivity index (χ1v) is 13.3. The fourth-order valence-corrected chi connectivity index (χ4v) is 2.49. The first-order valence-electron chi connectivity index (χ1n) is 9.59. The molecule has 13 nitrogen and oxygen atoms in total. The van der Waals surface area contributed by atoms with Crippen LogP contribution in [-0.2, 0) is 26.8 Å². The van der Waals surface area contributed by atoms with Crippen LogP contribution in [0.25, 0.3) is 10.9 Å². The zero-order valence-electron chi connectivity index (χ0n) is 19.4. The van der Waals surface area contributed by atoms with Gasteiger partial charge in [-0.05, 0) is 36.8 Å². The number of amides is 1. The summed E-state index contributed by atoms with van der Waals surface area (Å²) in [5.41, 5.74) is 8.30. The molecule has 0 bridgehead atoms. The van der Waals surface area contributed by atoms with Gasteiger partial charge < -0.3 is 15.5 Å². The van der Waals surface area contributed by atoms with Gasteiger partial charge in [-0.3, -0.25) is 29.2 Å². The van der Waals surface area contributed by atoms with Crippen LogP contribution in [0.15, 0.2) is 42.6 Å². The number of nitrogens with one attached hydrogen (secondary N) is 2. The molecule has 3 aromatic rings. The van der Waals surface area contributed by atoms with E-state index in [-0.39, 0.29) is 11.9 Å². The molecule has 0 spiro atoms. The highest BCUT2D eigenvalue weighted by atomic mass is 32.2. The summed E-state index contributed by atoms with van der Waals surface area (Å²) < 4.78 is 57.6. The number of aromatic nitrogens is 2. The molecule has 0 unspecified atom stereocenters. The third kappa shape index (κ3) is 11.4. The zero-order valence-corrected chi connectivity index (χ0v) is 21.0. The van der Waals surface area contributed by atoms with Crippen LogP contribution < -0.4 is 10.5 Å². The number of pyridine rings is 1. The molecule has 192 valence electrons. The fraction of sp³-hybridized carbons (Fsp3) is 0.250. The minimum Gasteiger partial charge on any atom is -0.485 e. The molecule has 0 aliphatic rings. The van der Waals surface area contributed by atoms with E-state index in [9.17, 15) is 21.6 Å². The molecule has 2 heterocycles. The normalized spacial score (nSPS) is 10.9. The molecule has 15 heteroatoms. The van der Waals surface area contributed by atoms with E-state index in [2.05, 4.69) is 9.97 Å². The second-order valence-electron chi connectivity index (χ2n) is 7.18. The van der Waals surface area contributed by atoms with Crippen LogP contribution in [0.1, 0.15) is 21.7 Å². The van der Waals surface area contributed by atoms with Crippen LogP contribution in [0.5, 0.6) is 5.75 Å². The molecule has 0 aliphatic carbocycles. The molecule has 0 fully saturated rings. The molecule has 3 rings (SSSR count). The first-order chi connectivity index (χ1) is 16.0. The number of H-pyrrole nitrogens is 1. The molecule has 0 atom stereocenters. The van der Waals surface area contributed by atoms with Crippen LogP contribution in [0.3, 0.4) is 0 Å². The summed E-state index contributed by atoms with van der Waals surface area (Å²) in [7, 11) is -5.87. The van der Waals surface area contributed by atoms with Gasteiger partial charge in [0.2, 0.25) is 0 Å². The highest BCUT2D eigenvalue weighted by molar-refractivity contribution is 7.85. The highest BCUT2D eigenvalue weighted by Crippen LogP contribution is 2.29. The van der Waals surface area contributed by atoms with Gasteiger partial charge in [0, 0.05) is 18.6 Å². The van der Waals surface area contributed by atoms with Crippen molar-refractivity contribution in [1.82, 2.24) is 14.9 Å². The fourth-order valence-electron chi connectivity index (χ4n) is 2.49. The molecule has 0 saturated heterocycles. The van der Waals surface area contributed by atoms with Gasteiger partial charge in [0.15, 0.2) is 5.96 Å². The lowest BCUT2D eigenvalue weighted by Gasteiger charge is -2.12. The Bertz CT molecular complexity index is 1340. The van der Waals surface area contributed by atoms with E-state index in [1.54, 1.807) is 12.3 Å². The molecule has 0 radical (unpaired) electrons. The summed E-state index contributed by atoms with van der Waals surface area (Å²) in [5.74, 6) is -0.0541. The van der Waals surface area contributed by atoms with Gasteiger partial charge in [0.25, 0.3) is 26.1 Å². The van der Waals surface area contributed by atoms with Crippen molar-refractivity contribution < 1.29 is 35.5 Å². The summed E-state index contributed by atoms with van der Waals surface area (Å²) in [5, 5.41) is 8.29. The van der Waals surface area contributed by atoms with Crippen LogP contribution in [-0.4, -0.2) is 72.2 Å². The molecular formula is C20H27N5O8S2. The number of carbonyl (C=O) groups is 1. The summed E-state index contributed by atoms with van der Waals surface area (Å²) in [6.45, 7) is 2.29. The van der Waals surface area contributed by atoms with Crippen molar-refractivity contribution in [3.05, 3.63) is 59.5 Å². The number of aromatic amines is 1. The van der Waals surface area contributed by atoms with E-state index in [0.29, 0.717) is 30.6 Å². The standard InChI is InChI=1S/C18H19N5O2.2CH4O3S/c1-11-6-7-15(25-10-12-5-3-4-8-21-12)16-13(11)9-14(22-16)17(24)23(2)18(19)20;2*1-5(2,3)4/h3-9,22H,10H2,1-2H3,(H3,19,20);2*1H3,(H,2,3,4). The maximum absolute atomic E-state index is 12.4. The molecule has 1 aromatic carbocycles. The molecule has 2 aromatic heterocycles. The lowest BCUT2D eigenvalue weighted by Crippen LogP contribution is -2.38. The molecule has 35 heavy (non-hydrogen) atoms. The topological polar surface area (TPSA) is 217 Å². The van der Waals surface area contributed by atoms with Gasteiger partial charge in [-0.1, -0.05) is 12.1 Å². The smallest absolute Gasteiger partial charge is 0.276 e. The van der Waals surface area contributed by atoms with E-state index < -0.39 is 20.2 Å². The highest BCUT2D eigenvalue weighted by Gasteiger charge is 2.18. The van der Waals surface area contributed by atoms with Gasteiger partial charge in [-0.2, -0.15) is 16.8 Å². The van der Waals surface area contributed by atoms with E-state index >= 15 is 0 Å². The number of guanidine groups is 1. The Morgan fingerprint density at radius 2 is 1.71 bits per heavy atom. The lowest BCUT2D eigenvalue weighted by atomic mass is 10.1. The molecule has 0 aliphatic heterocycles. The molecule has 0 saturated carbocycles. The second-order valence-corrected chi connectivity index (χ2v) is 10.1. The monoisotopic (exact) mass is 529 g/mol. The average molecular weight is 530 g/mol. The van der Waals surface area contributed by atoms with Crippen molar-refractivity contribution in [1.29, 1.82) is 5.41 Å². The predicted octanol–water partition coefficient (Wildman–Crippen LogP) is 1.42. The largest absolute Gasteiger partial charge is 0.485 e. The number of fused-ring (bicyclic) bond motifs is 1.